The molecular weight excluding hydrogens is 443 g/mol. The number of carbonyl (C=O) groups excluding carboxylic acids is 3. The Morgan fingerprint density at radius 3 is 2.42 bits per heavy atom. The van der Waals surface area contributed by atoms with Crippen LogP contribution in [0.5, 0.6) is 0 Å². The molecule has 1 fully saturated rings. The van der Waals surface area contributed by atoms with E-state index in [1.165, 1.54) is 35.4 Å². The summed E-state index contributed by atoms with van der Waals surface area (Å²) in [6.45, 7) is 3.30. The molecular formula is C21H20Cl2N4O4. The van der Waals surface area contributed by atoms with E-state index in [1.54, 1.807) is 19.9 Å². The minimum Gasteiger partial charge on any atom is -0.462 e. The number of nitriles is 1. The Bertz CT molecular complexity index is 1060. The Morgan fingerprint density at radius 1 is 1.23 bits per heavy atom. The molecule has 2 aliphatic heterocycles. The zero-order valence-electron chi connectivity index (χ0n) is 16.7. The SMILES string of the molecule is CC(C)OC(=O)C1(C#N)C(c2ccc(Cl)c(Cl)c2)C(C(N)=O)N2C=C(C(N)=O)C=CC21. The predicted octanol–water partition coefficient (Wildman–Crippen LogP) is 2.02. The highest BCUT2D eigenvalue weighted by atomic mass is 35.5. The maximum absolute atomic E-state index is 13.4. The molecule has 2 amide bonds. The second kappa shape index (κ2) is 8.25. The number of fused-ring (bicyclic) bond motifs is 1. The summed E-state index contributed by atoms with van der Waals surface area (Å²) >= 11 is 12.2. The average molecular weight is 463 g/mol. The first kappa shape index (κ1) is 22.7. The average Bonchev–Trinajstić information content (AvgIpc) is 3.00. The quantitative estimate of drug-likeness (QED) is 0.641. The first-order valence-corrected chi connectivity index (χ1v) is 10.1. The molecule has 2 heterocycles. The molecule has 1 aromatic rings. The number of benzene rings is 1. The van der Waals surface area contributed by atoms with Gasteiger partial charge in [-0.2, -0.15) is 5.26 Å². The molecule has 0 radical (unpaired) electrons. The molecule has 1 aromatic carbocycles. The number of rotatable bonds is 5. The van der Waals surface area contributed by atoms with E-state index in [0.29, 0.717) is 5.56 Å². The first-order valence-electron chi connectivity index (χ1n) is 9.38. The Balaban J connectivity index is 2.31. The second-order valence-electron chi connectivity index (χ2n) is 7.63. The molecule has 8 nitrogen and oxygen atoms in total. The number of carbonyl (C=O) groups is 3. The molecule has 4 unspecified atom stereocenters. The molecule has 31 heavy (non-hydrogen) atoms. The van der Waals surface area contributed by atoms with Gasteiger partial charge in [-0.25, -0.2) is 0 Å². The third kappa shape index (κ3) is 3.64. The summed E-state index contributed by atoms with van der Waals surface area (Å²) < 4.78 is 5.44. The molecule has 2 aliphatic rings. The van der Waals surface area contributed by atoms with Gasteiger partial charge < -0.3 is 21.1 Å². The van der Waals surface area contributed by atoms with Crippen molar-refractivity contribution in [2.75, 3.05) is 0 Å². The van der Waals surface area contributed by atoms with Crippen molar-refractivity contribution in [2.45, 2.75) is 38.0 Å². The van der Waals surface area contributed by atoms with E-state index in [4.69, 9.17) is 39.4 Å². The number of nitrogens with zero attached hydrogens (tertiary/aromatic N) is 2. The molecule has 4 N–H and O–H groups in total. The largest absolute Gasteiger partial charge is 0.462 e. The van der Waals surface area contributed by atoms with E-state index in [9.17, 15) is 19.6 Å². The number of ether oxygens (including phenoxy) is 1. The lowest BCUT2D eigenvalue weighted by Crippen LogP contribution is -2.46. The van der Waals surface area contributed by atoms with Gasteiger partial charge in [-0.15, -0.1) is 0 Å². The number of amides is 2. The molecule has 0 aromatic heterocycles. The summed E-state index contributed by atoms with van der Waals surface area (Å²) in [5.74, 6) is -3.41. The number of nitrogens with two attached hydrogens (primary N) is 2. The van der Waals surface area contributed by atoms with Crippen molar-refractivity contribution < 1.29 is 19.1 Å². The number of esters is 1. The standard InChI is InChI=1S/C21H20Cl2N4O4/c1-10(2)31-20(30)21(9-24)15-6-4-12(18(25)28)8-27(15)17(19(26)29)16(21)11-3-5-13(22)14(23)7-11/h3-8,10,15-17H,1-2H3,(H2,25,28)(H2,26,29). The normalized spacial score (nSPS) is 26.8. The van der Waals surface area contributed by atoms with Crippen molar-refractivity contribution in [3.63, 3.8) is 0 Å². The van der Waals surface area contributed by atoms with Crippen molar-refractivity contribution in [1.82, 2.24) is 4.90 Å². The van der Waals surface area contributed by atoms with Gasteiger partial charge >= 0.3 is 5.97 Å². The van der Waals surface area contributed by atoms with Crippen molar-refractivity contribution >= 4 is 41.0 Å². The second-order valence-corrected chi connectivity index (χ2v) is 8.45. The van der Waals surface area contributed by atoms with Gasteiger partial charge in [-0.3, -0.25) is 14.4 Å². The Hall–Kier alpha value is -3.02. The van der Waals surface area contributed by atoms with Crippen LogP contribution in [0.25, 0.3) is 0 Å². The van der Waals surface area contributed by atoms with Crippen LogP contribution in [-0.2, 0) is 19.1 Å². The zero-order valence-corrected chi connectivity index (χ0v) is 18.2. The van der Waals surface area contributed by atoms with Crippen molar-refractivity contribution in [2.24, 2.45) is 16.9 Å². The summed E-state index contributed by atoms with van der Waals surface area (Å²) in [5, 5.41) is 10.8. The van der Waals surface area contributed by atoms with Crippen LogP contribution in [0.3, 0.4) is 0 Å². The maximum atomic E-state index is 13.4. The molecule has 0 aliphatic carbocycles. The third-order valence-electron chi connectivity index (χ3n) is 5.41. The Labute approximate surface area is 189 Å². The van der Waals surface area contributed by atoms with Gasteiger partial charge in [0.2, 0.25) is 11.8 Å². The first-order chi connectivity index (χ1) is 14.5. The lowest BCUT2D eigenvalue weighted by Gasteiger charge is -2.33. The lowest BCUT2D eigenvalue weighted by molar-refractivity contribution is -0.157. The van der Waals surface area contributed by atoms with E-state index < -0.39 is 47.3 Å². The number of primary amides is 2. The van der Waals surface area contributed by atoms with Crippen LogP contribution in [-0.4, -0.2) is 40.9 Å². The molecule has 162 valence electrons. The number of halogens is 2. The Kier molecular flexibility index (Phi) is 6.03. The molecule has 0 bridgehead atoms. The van der Waals surface area contributed by atoms with Gasteiger partial charge in [0.15, 0.2) is 5.41 Å². The smallest absolute Gasteiger partial charge is 0.329 e. The molecule has 0 saturated carbocycles. The van der Waals surface area contributed by atoms with Gasteiger partial charge in [-0.05, 0) is 37.6 Å². The van der Waals surface area contributed by atoms with Crippen LogP contribution in [0.4, 0.5) is 0 Å². The Morgan fingerprint density at radius 2 is 1.90 bits per heavy atom. The summed E-state index contributed by atoms with van der Waals surface area (Å²) in [6.07, 6.45) is 3.72. The predicted molar refractivity (Wildman–Crippen MR) is 114 cm³/mol. The third-order valence-corrected chi connectivity index (χ3v) is 6.14. The van der Waals surface area contributed by atoms with Crippen molar-refractivity contribution in [1.29, 1.82) is 5.26 Å². The summed E-state index contributed by atoms with van der Waals surface area (Å²) in [6, 6.07) is 4.55. The fourth-order valence-electron chi connectivity index (χ4n) is 4.17. The molecule has 0 spiro atoms. The van der Waals surface area contributed by atoms with E-state index in [-0.39, 0.29) is 15.6 Å². The minimum atomic E-state index is -1.86. The van der Waals surface area contributed by atoms with Crippen molar-refractivity contribution in [3.8, 4) is 6.07 Å². The van der Waals surface area contributed by atoms with Crippen LogP contribution in [0.15, 0.2) is 42.1 Å². The summed E-state index contributed by atoms with van der Waals surface area (Å²) in [5.41, 5.74) is 9.75. The lowest BCUT2D eigenvalue weighted by atomic mass is 9.68. The summed E-state index contributed by atoms with van der Waals surface area (Å²) in [7, 11) is 0. The van der Waals surface area contributed by atoms with Gasteiger partial charge in [0.25, 0.3) is 0 Å². The van der Waals surface area contributed by atoms with Crippen LogP contribution in [0, 0.1) is 16.7 Å². The zero-order chi connectivity index (χ0) is 23.1. The monoisotopic (exact) mass is 462 g/mol. The van der Waals surface area contributed by atoms with Gasteiger partial charge in [0.1, 0.15) is 6.04 Å². The highest BCUT2D eigenvalue weighted by Gasteiger charge is 2.66. The summed E-state index contributed by atoms with van der Waals surface area (Å²) in [4.78, 5) is 39.1. The molecule has 1 saturated heterocycles. The highest BCUT2D eigenvalue weighted by Crippen LogP contribution is 2.54. The topological polar surface area (TPSA) is 140 Å². The van der Waals surface area contributed by atoms with Crippen molar-refractivity contribution in [3.05, 3.63) is 57.7 Å². The van der Waals surface area contributed by atoms with E-state index >= 15 is 0 Å². The van der Waals surface area contributed by atoms with Crippen LogP contribution < -0.4 is 11.5 Å². The minimum absolute atomic E-state index is 0.0985. The van der Waals surface area contributed by atoms with E-state index in [2.05, 4.69) is 6.07 Å². The fourth-order valence-corrected chi connectivity index (χ4v) is 4.48. The maximum Gasteiger partial charge on any atom is 0.329 e. The molecule has 3 rings (SSSR count). The molecule has 10 heteroatoms. The molecule has 4 atom stereocenters. The van der Waals surface area contributed by atoms with E-state index in [1.807, 2.05) is 0 Å². The number of hydrogen-bond acceptors (Lipinski definition) is 6. The van der Waals surface area contributed by atoms with Gasteiger partial charge in [-0.1, -0.05) is 35.3 Å². The van der Waals surface area contributed by atoms with Crippen LogP contribution in [0.2, 0.25) is 10.0 Å². The van der Waals surface area contributed by atoms with Gasteiger partial charge in [0, 0.05) is 12.1 Å². The van der Waals surface area contributed by atoms with Gasteiger partial charge in [0.05, 0.1) is 33.8 Å². The fraction of sp³-hybridized carbons (Fsp3) is 0.333. The van der Waals surface area contributed by atoms with Crippen LogP contribution >= 0.6 is 23.2 Å². The highest BCUT2D eigenvalue weighted by molar-refractivity contribution is 6.42. The van der Waals surface area contributed by atoms with Crippen LogP contribution in [0.1, 0.15) is 25.3 Å². The number of hydrogen-bond donors (Lipinski definition) is 2. The van der Waals surface area contributed by atoms with E-state index in [0.717, 1.165) is 0 Å².